The molecule has 1 aromatic carbocycles. The van der Waals surface area contributed by atoms with E-state index in [1.165, 1.54) is 0 Å². The average molecular weight is 252 g/mol. The lowest BCUT2D eigenvalue weighted by Gasteiger charge is -2.24. The Morgan fingerprint density at radius 3 is 2.84 bits per heavy atom. The summed E-state index contributed by atoms with van der Waals surface area (Å²) in [6, 6.07) is 12.4. The quantitative estimate of drug-likeness (QED) is 0.860. The van der Waals surface area contributed by atoms with Gasteiger partial charge in [0, 0.05) is 11.4 Å². The molecule has 4 heteroatoms. The molecule has 0 saturated carbocycles. The molecular formula is C15H16N4. The van der Waals surface area contributed by atoms with Gasteiger partial charge in [-0.15, -0.1) is 0 Å². The summed E-state index contributed by atoms with van der Waals surface area (Å²) in [6.45, 7) is 2.04. The van der Waals surface area contributed by atoms with Crippen LogP contribution >= 0.6 is 0 Å². The highest BCUT2D eigenvalue weighted by Gasteiger charge is 2.15. The van der Waals surface area contributed by atoms with Gasteiger partial charge in [0.1, 0.15) is 11.9 Å². The van der Waals surface area contributed by atoms with Crippen LogP contribution in [0.3, 0.4) is 0 Å². The fraction of sp³-hybridized carbons (Fsp3) is 0.333. The molecule has 3 rings (SSSR count). The number of rotatable bonds is 2. The predicted molar refractivity (Wildman–Crippen MR) is 76.0 cm³/mol. The Morgan fingerprint density at radius 1 is 1.26 bits per heavy atom. The van der Waals surface area contributed by atoms with Crippen LogP contribution in [0.5, 0.6) is 0 Å². The molecule has 0 unspecified atom stereocenters. The summed E-state index contributed by atoms with van der Waals surface area (Å²) in [5.74, 6) is 0.716. The van der Waals surface area contributed by atoms with Crippen LogP contribution in [-0.4, -0.2) is 24.1 Å². The number of benzene rings is 1. The van der Waals surface area contributed by atoms with Gasteiger partial charge in [-0.05, 0) is 38.1 Å². The van der Waals surface area contributed by atoms with Gasteiger partial charge in [0.05, 0.1) is 11.1 Å². The third-order valence-corrected chi connectivity index (χ3v) is 3.52. The van der Waals surface area contributed by atoms with E-state index in [-0.39, 0.29) is 0 Å². The second-order valence-corrected chi connectivity index (χ2v) is 4.86. The number of fused-ring (bicyclic) bond motifs is 1. The number of piperidine rings is 1. The van der Waals surface area contributed by atoms with Crippen molar-refractivity contribution >= 4 is 16.7 Å². The second kappa shape index (κ2) is 5.25. The van der Waals surface area contributed by atoms with E-state index in [0.29, 0.717) is 17.4 Å². The predicted octanol–water partition coefficient (Wildman–Crippen LogP) is 2.27. The summed E-state index contributed by atoms with van der Waals surface area (Å²) >= 11 is 0. The molecule has 1 fully saturated rings. The summed E-state index contributed by atoms with van der Waals surface area (Å²) in [5.41, 5.74) is 1.55. The zero-order valence-corrected chi connectivity index (χ0v) is 10.7. The molecule has 2 N–H and O–H groups in total. The molecule has 0 aliphatic carbocycles. The molecule has 19 heavy (non-hydrogen) atoms. The second-order valence-electron chi connectivity index (χ2n) is 4.86. The van der Waals surface area contributed by atoms with Gasteiger partial charge in [0.2, 0.25) is 0 Å². The minimum Gasteiger partial charge on any atom is -0.366 e. The first-order valence-corrected chi connectivity index (χ1v) is 6.64. The molecule has 0 spiro atoms. The lowest BCUT2D eigenvalue weighted by atomic mass is 10.1. The maximum atomic E-state index is 9.27. The summed E-state index contributed by atoms with van der Waals surface area (Å²) in [4.78, 5) is 4.59. The highest BCUT2D eigenvalue weighted by atomic mass is 15.0. The van der Waals surface area contributed by atoms with Crippen LogP contribution in [0.15, 0.2) is 30.3 Å². The van der Waals surface area contributed by atoms with Gasteiger partial charge in [0.15, 0.2) is 0 Å². The van der Waals surface area contributed by atoms with Gasteiger partial charge in [-0.3, -0.25) is 0 Å². The van der Waals surface area contributed by atoms with Gasteiger partial charge < -0.3 is 10.6 Å². The number of hydrogen-bond acceptors (Lipinski definition) is 4. The first kappa shape index (κ1) is 11.9. The molecule has 1 aliphatic heterocycles. The Morgan fingerprint density at radius 2 is 2.05 bits per heavy atom. The molecule has 2 aromatic rings. The van der Waals surface area contributed by atoms with Gasteiger partial charge in [0.25, 0.3) is 0 Å². The molecule has 0 atom stereocenters. The van der Waals surface area contributed by atoms with E-state index in [4.69, 9.17) is 0 Å². The first-order chi connectivity index (χ1) is 9.36. The summed E-state index contributed by atoms with van der Waals surface area (Å²) in [5, 5.41) is 17.0. The maximum Gasteiger partial charge on any atom is 0.144 e. The monoisotopic (exact) mass is 252 g/mol. The smallest absolute Gasteiger partial charge is 0.144 e. The summed E-state index contributed by atoms with van der Waals surface area (Å²) in [7, 11) is 0. The zero-order valence-electron chi connectivity index (χ0n) is 10.7. The van der Waals surface area contributed by atoms with Crippen LogP contribution in [0.1, 0.15) is 18.4 Å². The first-order valence-electron chi connectivity index (χ1n) is 6.64. The minimum absolute atomic E-state index is 0.405. The number of anilines is 1. The molecule has 0 bridgehead atoms. The van der Waals surface area contributed by atoms with E-state index < -0.39 is 0 Å². The zero-order chi connectivity index (χ0) is 13.1. The Hall–Kier alpha value is -2.12. The number of aromatic nitrogens is 1. The van der Waals surface area contributed by atoms with E-state index in [2.05, 4.69) is 21.7 Å². The number of para-hydroxylation sites is 1. The Labute approximate surface area is 112 Å². The molecule has 1 aliphatic rings. The van der Waals surface area contributed by atoms with Crippen LogP contribution in [0, 0.1) is 11.3 Å². The molecule has 0 radical (unpaired) electrons. The van der Waals surface area contributed by atoms with Crippen molar-refractivity contribution in [2.75, 3.05) is 18.4 Å². The SMILES string of the molecule is N#Cc1cc2ccccc2nc1NC1CCNCC1. The lowest BCUT2D eigenvalue weighted by Crippen LogP contribution is -2.35. The van der Waals surface area contributed by atoms with Gasteiger partial charge in [-0.2, -0.15) is 5.26 Å². The van der Waals surface area contributed by atoms with E-state index in [1.807, 2.05) is 30.3 Å². The topological polar surface area (TPSA) is 60.7 Å². The third-order valence-electron chi connectivity index (χ3n) is 3.52. The van der Waals surface area contributed by atoms with Crippen LogP contribution in [0.25, 0.3) is 10.9 Å². The molecule has 2 heterocycles. The Kier molecular flexibility index (Phi) is 3.30. The fourth-order valence-electron chi connectivity index (χ4n) is 2.47. The average Bonchev–Trinajstić information content (AvgIpc) is 2.47. The van der Waals surface area contributed by atoms with Crippen molar-refractivity contribution in [2.24, 2.45) is 0 Å². The van der Waals surface area contributed by atoms with Crippen molar-refractivity contribution in [3.8, 4) is 6.07 Å². The number of nitrogens with one attached hydrogen (secondary N) is 2. The number of hydrogen-bond donors (Lipinski definition) is 2. The van der Waals surface area contributed by atoms with Crippen molar-refractivity contribution in [1.29, 1.82) is 5.26 Å². The van der Waals surface area contributed by atoms with Crippen molar-refractivity contribution in [1.82, 2.24) is 10.3 Å². The van der Waals surface area contributed by atoms with Crippen LogP contribution in [-0.2, 0) is 0 Å². The molecule has 4 nitrogen and oxygen atoms in total. The van der Waals surface area contributed by atoms with Crippen molar-refractivity contribution in [2.45, 2.75) is 18.9 Å². The highest BCUT2D eigenvalue weighted by Crippen LogP contribution is 2.21. The highest BCUT2D eigenvalue weighted by molar-refractivity contribution is 5.82. The van der Waals surface area contributed by atoms with Crippen LogP contribution in [0.2, 0.25) is 0 Å². The maximum absolute atomic E-state index is 9.27. The number of nitriles is 1. The van der Waals surface area contributed by atoms with E-state index in [1.54, 1.807) is 0 Å². The van der Waals surface area contributed by atoms with Crippen molar-refractivity contribution in [3.63, 3.8) is 0 Å². The minimum atomic E-state index is 0.405. The lowest BCUT2D eigenvalue weighted by molar-refractivity contribution is 0.478. The van der Waals surface area contributed by atoms with E-state index in [0.717, 1.165) is 36.8 Å². The fourth-order valence-corrected chi connectivity index (χ4v) is 2.47. The summed E-state index contributed by atoms with van der Waals surface area (Å²) in [6.07, 6.45) is 2.14. The Bertz CT molecular complexity index is 624. The summed E-state index contributed by atoms with van der Waals surface area (Å²) < 4.78 is 0. The van der Waals surface area contributed by atoms with Crippen LogP contribution in [0.4, 0.5) is 5.82 Å². The van der Waals surface area contributed by atoms with Gasteiger partial charge in [-0.25, -0.2) is 4.98 Å². The molecular weight excluding hydrogens is 236 g/mol. The van der Waals surface area contributed by atoms with Crippen LogP contribution < -0.4 is 10.6 Å². The molecule has 1 aromatic heterocycles. The standard InChI is InChI=1S/C15H16N4/c16-10-12-9-11-3-1-2-4-14(11)19-15(12)18-13-5-7-17-8-6-13/h1-4,9,13,17H,5-8H2,(H,18,19). The van der Waals surface area contributed by atoms with E-state index >= 15 is 0 Å². The molecule has 0 amide bonds. The molecule has 96 valence electrons. The third kappa shape index (κ3) is 2.51. The van der Waals surface area contributed by atoms with Gasteiger partial charge >= 0.3 is 0 Å². The van der Waals surface area contributed by atoms with Gasteiger partial charge in [-0.1, -0.05) is 18.2 Å². The van der Waals surface area contributed by atoms with Crippen molar-refractivity contribution in [3.05, 3.63) is 35.9 Å². The van der Waals surface area contributed by atoms with Crippen molar-refractivity contribution < 1.29 is 0 Å². The Balaban J connectivity index is 1.94. The largest absolute Gasteiger partial charge is 0.366 e. The number of pyridine rings is 1. The molecule has 1 saturated heterocycles. The van der Waals surface area contributed by atoms with E-state index in [9.17, 15) is 5.26 Å². The normalized spacial score (nSPS) is 16.2. The number of nitrogens with zero attached hydrogens (tertiary/aromatic N) is 2.